The van der Waals surface area contributed by atoms with E-state index in [1.165, 1.54) is 0 Å². The van der Waals surface area contributed by atoms with Crippen LogP contribution in [0.2, 0.25) is 0 Å². The molecule has 90 valence electrons. The van der Waals surface area contributed by atoms with E-state index in [-0.39, 0.29) is 5.69 Å². The average molecular weight is 305 g/mol. The van der Waals surface area contributed by atoms with Crippen molar-refractivity contribution in [3.63, 3.8) is 0 Å². The minimum atomic E-state index is -0.206. The molecule has 5 nitrogen and oxygen atoms in total. The maximum atomic E-state index is 11.2. The number of fused-ring (bicyclic) bond motifs is 1. The van der Waals surface area contributed by atoms with Crippen LogP contribution in [0.15, 0.2) is 33.8 Å². The highest BCUT2D eigenvalue weighted by Crippen LogP contribution is 2.22. The predicted molar refractivity (Wildman–Crippen MR) is 72.4 cm³/mol. The first-order valence-electron chi connectivity index (χ1n) is 5.35. The number of aromatic nitrogens is 4. The summed E-state index contributed by atoms with van der Waals surface area (Å²) < 4.78 is 0.556. The lowest BCUT2D eigenvalue weighted by Crippen LogP contribution is -1.99. The highest BCUT2D eigenvalue weighted by molar-refractivity contribution is 9.10. The van der Waals surface area contributed by atoms with Crippen LogP contribution in [0, 0.1) is 6.92 Å². The number of imidazole rings is 1. The fraction of sp³-hybridized carbons (Fsp3) is 0.0833. The van der Waals surface area contributed by atoms with E-state index in [4.69, 9.17) is 0 Å². The van der Waals surface area contributed by atoms with Crippen LogP contribution in [-0.2, 0) is 0 Å². The first kappa shape index (κ1) is 11.2. The van der Waals surface area contributed by atoms with Gasteiger partial charge >= 0.3 is 5.69 Å². The topological polar surface area (TPSA) is 74.4 Å². The minimum Gasteiger partial charge on any atom is -0.306 e. The SMILES string of the molecule is Cc1cc(-c2ccc3[nH]c(=O)[nH]c3c2)nc(Br)n1. The number of hydrogen-bond donors (Lipinski definition) is 2. The molecule has 0 fully saturated rings. The normalized spacial score (nSPS) is 11.0. The Morgan fingerprint density at radius 2 is 1.89 bits per heavy atom. The van der Waals surface area contributed by atoms with Crippen molar-refractivity contribution in [2.75, 3.05) is 0 Å². The van der Waals surface area contributed by atoms with E-state index in [2.05, 4.69) is 35.9 Å². The number of halogens is 1. The van der Waals surface area contributed by atoms with Crippen LogP contribution in [0.4, 0.5) is 0 Å². The van der Waals surface area contributed by atoms with Crippen LogP contribution in [-0.4, -0.2) is 19.9 Å². The van der Waals surface area contributed by atoms with Crippen LogP contribution in [0.3, 0.4) is 0 Å². The smallest absolute Gasteiger partial charge is 0.306 e. The number of benzene rings is 1. The fourth-order valence-corrected chi connectivity index (χ4v) is 2.34. The molecule has 0 spiro atoms. The van der Waals surface area contributed by atoms with Gasteiger partial charge in [-0.15, -0.1) is 0 Å². The van der Waals surface area contributed by atoms with E-state index in [1.807, 2.05) is 31.2 Å². The molecule has 1 aromatic carbocycles. The summed E-state index contributed by atoms with van der Waals surface area (Å²) in [5.41, 5.74) is 3.98. The van der Waals surface area contributed by atoms with E-state index in [0.717, 1.165) is 28.0 Å². The zero-order chi connectivity index (χ0) is 12.7. The molecule has 0 aliphatic rings. The van der Waals surface area contributed by atoms with Crippen molar-refractivity contribution in [1.82, 2.24) is 19.9 Å². The van der Waals surface area contributed by atoms with Gasteiger partial charge in [-0.25, -0.2) is 14.8 Å². The number of nitrogens with zero attached hydrogens (tertiary/aromatic N) is 2. The molecule has 0 saturated heterocycles. The second-order valence-electron chi connectivity index (χ2n) is 4.00. The van der Waals surface area contributed by atoms with Crippen molar-refractivity contribution in [1.29, 1.82) is 0 Å². The summed E-state index contributed by atoms with van der Waals surface area (Å²) in [7, 11) is 0. The van der Waals surface area contributed by atoms with Gasteiger partial charge in [0.05, 0.1) is 16.7 Å². The Hall–Kier alpha value is -1.95. The van der Waals surface area contributed by atoms with Gasteiger partial charge in [0, 0.05) is 11.3 Å². The monoisotopic (exact) mass is 304 g/mol. The molecule has 2 heterocycles. The van der Waals surface area contributed by atoms with Gasteiger partial charge in [0.2, 0.25) is 0 Å². The second-order valence-corrected chi connectivity index (χ2v) is 4.71. The molecule has 0 amide bonds. The van der Waals surface area contributed by atoms with Crippen molar-refractivity contribution in [3.8, 4) is 11.3 Å². The Morgan fingerprint density at radius 1 is 1.11 bits per heavy atom. The van der Waals surface area contributed by atoms with Gasteiger partial charge in [0.25, 0.3) is 0 Å². The van der Waals surface area contributed by atoms with E-state index >= 15 is 0 Å². The third-order valence-electron chi connectivity index (χ3n) is 2.64. The Bertz CT molecular complexity index is 770. The standard InChI is InChI=1S/C12H9BrN4O/c1-6-4-9(15-11(13)14-6)7-2-3-8-10(5-7)17-12(18)16-8/h2-5H,1H3,(H2,16,17,18). The van der Waals surface area contributed by atoms with Crippen molar-refractivity contribution in [2.24, 2.45) is 0 Å². The molecule has 3 rings (SSSR count). The van der Waals surface area contributed by atoms with Gasteiger partial charge in [0.15, 0.2) is 4.73 Å². The van der Waals surface area contributed by atoms with Gasteiger partial charge < -0.3 is 9.97 Å². The molecule has 0 saturated carbocycles. The Kier molecular flexibility index (Phi) is 2.52. The molecule has 3 aromatic rings. The summed E-state index contributed by atoms with van der Waals surface area (Å²) in [5, 5.41) is 0. The average Bonchev–Trinajstić information content (AvgIpc) is 2.66. The third-order valence-corrected chi connectivity index (χ3v) is 2.99. The summed E-state index contributed by atoms with van der Waals surface area (Å²) in [4.78, 5) is 25.1. The largest absolute Gasteiger partial charge is 0.323 e. The van der Waals surface area contributed by atoms with Crippen LogP contribution in [0.5, 0.6) is 0 Å². The zero-order valence-electron chi connectivity index (χ0n) is 9.49. The fourth-order valence-electron chi connectivity index (χ4n) is 1.87. The number of nitrogens with one attached hydrogen (secondary N) is 2. The molecule has 2 aromatic heterocycles. The van der Waals surface area contributed by atoms with Crippen LogP contribution >= 0.6 is 15.9 Å². The lowest BCUT2D eigenvalue weighted by molar-refractivity contribution is 1.06. The number of aryl methyl sites for hydroxylation is 1. The maximum absolute atomic E-state index is 11.2. The summed E-state index contributed by atoms with van der Waals surface area (Å²) in [6.45, 7) is 1.91. The molecule has 0 radical (unpaired) electrons. The highest BCUT2D eigenvalue weighted by atomic mass is 79.9. The first-order valence-corrected chi connectivity index (χ1v) is 6.15. The van der Waals surface area contributed by atoms with E-state index < -0.39 is 0 Å². The van der Waals surface area contributed by atoms with Crippen LogP contribution in [0.25, 0.3) is 22.3 Å². The molecule has 2 N–H and O–H groups in total. The van der Waals surface area contributed by atoms with Gasteiger partial charge in [-0.3, -0.25) is 0 Å². The molecule has 18 heavy (non-hydrogen) atoms. The molecule has 0 aliphatic carbocycles. The van der Waals surface area contributed by atoms with Crippen molar-refractivity contribution in [2.45, 2.75) is 6.92 Å². The number of H-pyrrole nitrogens is 2. The summed E-state index contributed by atoms with van der Waals surface area (Å²) >= 11 is 3.28. The van der Waals surface area contributed by atoms with E-state index in [1.54, 1.807) is 0 Å². The Balaban J connectivity index is 2.21. The lowest BCUT2D eigenvalue weighted by Gasteiger charge is -2.02. The molecular formula is C12H9BrN4O. The second kappa shape index (κ2) is 4.06. The first-order chi connectivity index (χ1) is 8.61. The predicted octanol–water partition coefficient (Wildman–Crippen LogP) is 2.38. The third kappa shape index (κ3) is 1.95. The summed E-state index contributed by atoms with van der Waals surface area (Å²) in [6, 6.07) is 7.56. The minimum absolute atomic E-state index is 0.206. The molecule has 0 aliphatic heterocycles. The molecule has 0 atom stereocenters. The Labute approximate surface area is 110 Å². The van der Waals surface area contributed by atoms with Gasteiger partial charge in [0.1, 0.15) is 0 Å². The highest BCUT2D eigenvalue weighted by Gasteiger charge is 2.05. The van der Waals surface area contributed by atoms with Crippen LogP contribution < -0.4 is 5.69 Å². The number of hydrogen-bond acceptors (Lipinski definition) is 3. The lowest BCUT2D eigenvalue weighted by atomic mass is 10.1. The van der Waals surface area contributed by atoms with Gasteiger partial charge in [-0.1, -0.05) is 6.07 Å². The van der Waals surface area contributed by atoms with Gasteiger partial charge in [-0.2, -0.15) is 0 Å². The number of aromatic amines is 2. The maximum Gasteiger partial charge on any atom is 0.323 e. The summed E-state index contributed by atoms with van der Waals surface area (Å²) in [6.07, 6.45) is 0. The zero-order valence-corrected chi connectivity index (χ0v) is 11.1. The van der Waals surface area contributed by atoms with Crippen LogP contribution in [0.1, 0.15) is 5.69 Å². The Morgan fingerprint density at radius 3 is 2.67 bits per heavy atom. The van der Waals surface area contributed by atoms with Gasteiger partial charge in [-0.05, 0) is 41.1 Å². The van der Waals surface area contributed by atoms with E-state index in [9.17, 15) is 4.79 Å². The van der Waals surface area contributed by atoms with Crippen molar-refractivity contribution < 1.29 is 0 Å². The van der Waals surface area contributed by atoms with Crippen molar-refractivity contribution >= 4 is 27.0 Å². The molecule has 6 heteroatoms. The number of rotatable bonds is 1. The molecule has 0 unspecified atom stereocenters. The van der Waals surface area contributed by atoms with E-state index in [0.29, 0.717) is 4.73 Å². The molecule has 0 bridgehead atoms. The molecular weight excluding hydrogens is 296 g/mol. The summed E-state index contributed by atoms with van der Waals surface area (Å²) in [5.74, 6) is 0. The van der Waals surface area contributed by atoms with Crippen molar-refractivity contribution in [3.05, 3.63) is 45.2 Å². The quantitative estimate of drug-likeness (QED) is 0.678.